The van der Waals surface area contributed by atoms with Crippen molar-refractivity contribution in [2.24, 2.45) is 9.98 Å². The molecule has 2 aliphatic heterocycles. The average Bonchev–Trinajstić information content (AvgIpc) is 3.92. The van der Waals surface area contributed by atoms with Gasteiger partial charge in [0.2, 0.25) is 0 Å². The van der Waals surface area contributed by atoms with Crippen LogP contribution in [-0.4, -0.2) is 74.0 Å². The van der Waals surface area contributed by atoms with E-state index in [0.29, 0.717) is 37.4 Å². The Kier molecular flexibility index (Phi) is 16.8. The number of hydrogen-bond donors (Lipinski definition) is 0. The summed E-state index contributed by atoms with van der Waals surface area (Å²) in [7, 11) is 0. The lowest BCUT2D eigenvalue weighted by molar-refractivity contribution is -0.275. The number of alkyl halides is 6. The van der Waals surface area contributed by atoms with Crippen molar-refractivity contribution in [2.45, 2.75) is 46.1 Å². The molecule has 0 fully saturated rings. The maximum absolute atomic E-state index is 14.4. The highest BCUT2D eigenvalue weighted by Crippen LogP contribution is 2.35. The van der Waals surface area contributed by atoms with E-state index in [4.69, 9.17) is 9.47 Å². The van der Waals surface area contributed by atoms with Crippen LogP contribution in [0.5, 0.6) is 11.5 Å². The Morgan fingerprint density at radius 3 is 1.33 bits per heavy atom. The maximum atomic E-state index is 14.4. The number of aliphatic imine (C=N–C) groups is 2. The van der Waals surface area contributed by atoms with Crippen molar-refractivity contribution in [3.05, 3.63) is 179 Å². The van der Waals surface area contributed by atoms with Crippen molar-refractivity contribution in [3.63, 3.8) is 0 Å². The van der Waals surface area contributed by atoms with Crippen LogP contribution in [0, 0.1) is 23.3 Å². The van der Waals surface area contributed by atoms with Gasteiger partial charge in [0, 0.05) is 19.8 Å². The normalized spacial score (nSPS) is 15.8. The fraction of sp³-hybridized carbons (Fsp3) is 0.255. The van der Waals surface area contributed by atoms with Gasteiger partial charge in [0.25, 0.3) is 0 Å². The standard InChI is InChI=1S/2C25H21F5N2O2.CH4/c1-2-33-15-32-14-22(31-24(32)23-20(26)4-3-5-21(23)27)18-8-6-16(7-9-18)17-10-12-19(13-11-17)34-25(28,29)30;1-2-33-15-32-22(14-31-24(32)23-20(26)4-3-5-21(23)27)18-8-6-16(7-9-18)17-10-12-19(13-11-17)34-25(28,29)30;/h2*3-13,22H,2,14-15H2,1H3;1H4. The van der Waals surface area contributed by atoms with Crippen molar-refractivity contribution >= 4 is 11.7 Å². The number of ether oxygens (including phenoxy) is 4. The van der Waals surface area contributed by atoms with Gasteiger partial charge in [-0.1, -0.05) is 92.4 Å². The van der Waals surface area contributed by atoms with Crippen LogP contribution in [0.15, 0.2) is 143 Å². The Morgan fingerprint density at radius 1 is 0.522 bits per heavy atom. The topological polar surface area (TPSA) is 68.1 Å². The zero-order valence-electron chi connectivity index (χ0n) is 36.3. The van der Waals surface area contributed by atoms with Gasteiger partial charge in [-0.25, -0.2) is 17.6 Å². The average molecular weight is 969 g/mol. The third-order valence-corrected chi connectivity index (χ3v) is 10.7. The molecule has 0 aromatic heterocycles. The molecule has 6 aromatic carbocycles. The van der Waals surface area contributed by atoms with Gasteiger partial charge in [-0.2, -0.15) is 0 Å². The summed E-state index contributed by atoms with van der Waals surface area (Å²) >= 11 is 0. The molecule has 364 valence electrons. The minimum absolute atomic E-state index is 0. The third-order valence-electron chi connectivity index (χ3n) is 10.7. The second-order valence-corrected chi connectivity index (χ2v) is 15.2. The van der Waals surface area contributed by atoms with Gasteiger partial charge in [0.15, 0.2) is 0 Å². The summed E-state index contributed by atoms with van der Waals surface area (Å²) in [4.78, 5) is 12.4. The number of halogens is 10. The largest absolute Gasteiger partial charge is 0.573 e. The minimum Gasteiger partial charge on any atom is -0.406 e. The smallest absolute Gasteiger partial charge is 0.406 e. The molecule has 0 spiro atoms. The number of benzene rings is 6. The van der Waals surface area contributed by atoms with Gasteiger partial charge in [-0.05, 0) is 95.8 Å². The van der Waals surface area contributed by atoms with Crippen LogP contribution in [0.1, 0.15) is 55.6 Å². The number of amidine groups is 2. The molecule has 0 radical (unpaired) electrons. The van der Waals surface area contributed by atoms with Crippen molar-refractivity contribution in [1.29, 1.82) is 0 Å². The molecule has 18 heteroatoms. The lowest BCUT2D eigenvalue weighted by Gasteiger charge is -2.28. The van der Waals surface area contributed by atoms with Crippen molar-refractivity contribution in [2.75, 3.05) is 39.8 Å². The van der Waals surface area contributed by atoms with E-state index >= 15 is 0 Å². The summed E-state index contributed by atoms with van der Waals surface area (Å²) in [6, 6.07) is 32.5. The van der Waals surface area contributed by atoms with Crippen molar-refractivity contribution in [1.82, 2.24) is 9.80 Å². The molecule has 8 rings (SSSR count). The molecular weight excluding hydrogens is 923 g/mol. The summed E-state index contributed by atoms with van der Waals surface area (Å²) in [5.74, 6) is -3.01. The Balaban J connectivity index is 0.000000224. The van der Waals surface area contributed by atoms with Crippen LogP contribution < -0.4 is 9.47 Å². The molecule has 6 aromatic rings. The zero-order valence-corrected chi connectivity index (χ0v) is 36.3. The lowest BCUT2D eigenvalue weighted by Crippen LogP contribution is -2.34. The summed E-state index contributed by atoms with van der Waals surface area (Å²) < 4.78 is 151. The van der Waals surface area contributed by atoms with E-state index in [2.05, 4.69) is 19.5 Å². The van der Waals surface area contributed by atoms with Gasteiger partial charge >= 0.3 is 12.7 Å². The summed E-state index contributed by atoms with van der Waals surface area (Å²) in [5.41, 5.74) is 4.30. The number of nitrogens with zero attached hydrogens (tertiary/aromatic N) is 4. The van der Waals surface area contributed by atoms with Crippen molar-refractivity contribution in [3.8, 4) is 33.8 Å². The predicted molar refractivity (Wildman–Crippen MR) is 242 cm³/mol. The van der Waals surface area contributed by atoms with E-state index < -0.39 is 36.0 Å². The fourth-order valence-corrected chi connectivity index (χ4v) is 7.56. The lowest BCUT2D eigenvalue weighted by atomic mass is 10.00. The van der Waals surface area contributed by atoms with E-state index in [1.165, 1.54) is 84.9 Å². The van der Waals surface area contributed by atoms with Gasteiger partial charge < -0.3 is 28.7 Å². The monoisotopic (exact) mass is 968 g/mol. The van der Waals surface area contributed by atoms with E-state index in [-0.39, 0.29) is 67.3 Å². The molecule has 2 aliphatic rings. The molecule has 2 heterocycles. The second kappa shape index (κ2) is 22.5. The third kappa shape index (κ3) is 13.0. The maximum Gasteiger partial charge on any atom is 0.573 e. The SMILES string of the molecule is C.CCOCN1C(c2c(F)cccc2F)=NCC1c1ccc(-c2ccc(OC(F)(F)F)cc2)cc1.CCOCN1CC(c2ccc(-c3ccc(OC(F)(F)F)cc3)cc2)N=C1c1c(F)cccc1F. The summed E-state index contributed by atoms with van der Waals surface area (Å²) in [6.07, 6.45) is -9.49. The van der Waals surface area contributed by atoms with Crippen LogP contribution in [-0.2, 0) is 9.47 Å². The minimum atomic E-state index is -4.75. The Bertz CT molecular complexity index is 2660. The van der Waals surface area contributed by atoms with E-state index in [1.807, 2.05) is 62.4 Å². The zero-order chi connectivity index (χ0) is 48.6. The highest BCUT2D eigenvalue weighted by Gasteiger charge is 2.35. The molecule has 69 heavy (non-hydrogen) atoms. The molecule has 0 bridgehead atoms. The Morgan fingerprint density at radius 2 is 0.913 bits per heavy atom. The van der Waals surface area contributed by atoms with Gasteiger partial charge in [0.05, 0.1) is 29.8 Å². The Hall–Kier alpha value is -6.92. The first-order chi connectivity index (χ1) is 32.5. The molecule has 2 atom stereocenters. The highest BCUT2D eigenvalue weighted by molar-refractivity contribution is 6.01. The first-order valence-corrected chi connectivity index (χ1v) is 21.1. The highest BCUT2D eigenvalue weighted by atomic mass is 19.4. The van der Waals surface area contributed by atoms with Crippen LogP contribution in [0.25, 0.3) is 22.3 Å². The second-order valence-electron chi connectivity index (χ2n) is 15.2. The molecular formula is C51H46F10N4O4. The van der Waals surface area contributed by atoms with E-state index in [0.717, 1.165) is 22.3 Å². The molecule has 0 saturated heterocycles. The molecule has 0 N–H and O–H groups in total. The van der Waals surface area contributed by atoms with Crippen molar-refractivity contribution < 1.29 is 62.9 Å². The molecule has 8 nitrogen and oxygen atoms in total. The fourth-order valence-electron chi connectivity index (χ4n) is 7.56. The summed E-state index contributed by atoms with van der Waals surface area (Å²) in [6.45, 7) is 5.43. The number of hydrogen-bond acceptors (Lipinski definition) is 8. The molecule has 0 aliphatic carbocycles. The van der Waals surface area contributed by atoms with Crippen LogP contribution in [0.2, 0.25) is 0 Å². The first-order valence-electron chi connectivity index (χ1n) is 21.1. The Labute approximate surface area is 392 Å². The molecule has 2 unspecified atom stereocenters. The first kappa shape index (κ1) is 51.5. The van der Waals surface area contributed by atoms with E-state index in [1.54, 1.807) is 9.80 Å². The van der Waals surface area contributed by atoms with E-state index in [9.17, 15) is 43.9 Å². The van der Waals surface area contributed by atoms with Gasteiger partial charge in [0.1, 0.15) is 59.9 Å². The predicted octanol–water partition coefficient (Wildman–Crippen LogP) is 13.3. The molecule has 0 saturated carbocycles. The van der Waals surface area contributed by atoms with Crippen LogP contribution in [0.3, 0.4) is 0 Å². The number of rotatable bonds is 14. The van der Waals surface area contributed by atoms with Gasteiger partial charge in [-0.3, -0.25) is 9.98 Å². The van der Waals surface area contributed by atoms with Gasteiger partial charge in [-0.15, -0.1) is 26.3 Å². The quantitative estimate of drug-likeness (QED) is 0.101. The summed E-state index contributed by atoms with van der Waals surface area (Å²) in [5, 5.41) is 0. The van der Waals surface area contributed by atoms with Crippen LogP contribution >= 0.6 is 0 Å². The molecule has 0 amide bonds. The van der Waals surface area contributed by atoms with Crippen LogP contribution in [0.4, 0.5) is 43.9 Å².